The van der Waals surface area contributed by atoms with Crippen LogP contribution in [0.1, 0.15) is 37.5 Å². The summed E-state index contributed by atoms with van der Waals surface area (Å²) < 4.78 is 24.1. The number of rotatable bonds is 3. The van der Waals surface area contributed by atoms with E-state index in [0.29, 0.717) is 18.5 Å². The topological polar surface area (TPSA) is 67.3 Å². The Hall–Kier alpha value is -0.460. The molecule has 0 aromatic carbocycles. The van der Waals surface area contributed by atoms with E-state index < -0.39 is 15.9 Å². The molecule has 1 aliphatic rings. The monoisotopic (exact) mass is 347 g/mol. The highest BCUT2D eigenvalue weighted by Gasteiger charge is 2.33. The predicted octanol–water partition coefficient (Wildman–Crippen LogP) is 2.48. The minimum absolute atomic E-state index is 0.0258. The molecule has 1 aliphatic carbocycles. The van der Waals surface area contributed by atoms with Gasteiger partial charge in [0.25, 0.3) is 0 Å². The van der Waals surface area contributed by atoms with Gasteiger partial charge in [-0.15, -0.1) is 0 Å². The van der Waals surface area contributed by atoms with Gasteiger partial charge in [-0.2, -0.15) is 0 Å². The van der Waals surface area contributed by atoms with Crippen molar-refractivity contribution >= 4 is 25.8 Å². The standard InChI is InChI=1S/C13H18BrNO3S/c1-19(17,18)11-4-2-3-9(7-11)13(16)12-6-5-10(14)8-15-12/h5-6,8-9,11,13,16H,2-4,7H2,1H3. The number of hydrogen-bond donors (Lipinski definition) is 1. The highest BCUT2D eigenvalue weighted by molar-refractivity contribution is 9.10. The molecule has 3 atom stereocenters. The summed E-state index contributed by atoms with van der Waals surface area (Å²) in [5.74, 6) is -0.0258. The van der Waals surface area contributed by atoms with Crippen LogP contribution in [-0.2, 0) is 9.84 Å². The largest absolute Gasteiger partial charge is 0.387 e. The maximum absolute atomic E-state index is 11.6. The highest BCUT2D eigenvalue weighted by Crippen LogP contribution is 2.36. The van der Waals surface area contributed by atoms with E-state index in [1.807, 2.05) is 6.07 Å². The third-order valence-electron chi connectivity index (χ3n) is 3.77. The van der Waals surface area contributed by atoms with Crippen molar-refractivity contribution in [1.29, 1.82) is 0 Å². The van der Waals surface area contributed by atoms with Crippen molar-refractivity contribution in [2.24, 2.45) is 5.92 Å². The van der Waals surface area contributed by atoms with E-state index in [1.54, 1.807) is 12.3 Å². The summed E-state index contributed by atoms with van der Waals surface area (Å²) in [6.07, 6.45) is 5.17. The van der Waals surface area contributed by atoms with Crippen LogP contribution < -0.4 is 0 Å². The number of pyridine rings is 1. The summed E-state index contributed by atoms with van der Waals surface area (Å²) in [4.78, 5) is 4.19. The van der Waals surface area contributed by atoms with Crippen LogP contribution in [0.5, 0.6) is 0 Å². The maximum Gasteiger partial charge on any atom is 0.150 e. The molecule has 3 unspecified atom stereocenters. The second-order valence-electron chi connectivity index (χ2n) is 5.22. The second kappa shape index (κ2) is 5.89. The Morgan fingerprint density at radius 2 is 2.16 bits per heavy atom. The molecule has 0 amide bonds. The molecule has 1 fully saturated rings. The molecule has 1 aromatic heterocycles. The molecule has 0 saturated heterocycles. The van der Waals surface area contributed by atoms with Crippen molar-refractivity contribution < 1.29 is 13.5 Å². The predicted molar refractivity (Wildman–Crippen MR) is 77.5 cm³/mol. The molecular weight excluding hydrogens is 330 g/mol. The molecule has 4 nitrogen and oxygen atoms in total. The number of sulfone groups is 1. The van der Waals surface area contributed by atoms with Crippen LogP contribution in [0.2, 0.25) is 0 Å². The number of aliphatic hydroxyl groups is 1. The van der Waals surface area contributed by atoms with Crippen LogP contribution in [-0.4, -0.2) is 30.0 Å². The second-order valence-corrected chi connectivity index (χ2v) is 8.47. The third-order valence-corrected chi connectivity index (χ3v) is 5.88. The first kappa shape index (κ1) is 14.9. The Morgan fingerprint density at radius 3 is 2.74 bits per heavy atom. The fraction of sp³-hybridized carbons (Fsp3) is 0.615. The summed E-state index contributed by atoms with van der Waals surface area (Å²) in [6, 6.07) is 3.61. The average molecular weight is 348 g/mol. The minimum Gasteiger partial charge on any atom is -0.387 e. The van der Waals surface area contributed by atoms with Crippen LogP contribution in [0.3, 0.4) is 0 Å². The first-order valence-corrected chi connectivity index (χ1v) is 9.11. The summed E-state index contributed by atoms with van der Waals surface area (Å²) in [6.45, 7) is 0. The lowest BCUT2D eigenvalue weighted by atomic mass is 9.83. The molecule has 1 heterocycles. The van der Waals surface area contributed by atoms with Crippen LogP contribution >= 0.6 is 15.9 Å². The van der Waals surface area contributed by atoms with Gasteiger partial charge in [-0.05, 0) is 53.2 Å². The number of aliphatic hydroxyl groups excluding tert-OH is 1. The van der Waals surface area contributed by atoms with E-state index in [4.69, 9.17) is 0 Å². The Morgan fingerprint density at radius 1 is 1.42 bits per heavy atom. The van der Waals surface area contributed by atoms with Crippen molar-refractivity contribution in [2.75, 3.05) is 6.26 Å². The molecule has 0 radical (unpaired) electrons. The van der Waals surface area contributed by atoms with Gasteiger partial charge in [0.05, 0.1) is 17.0 Å². The fourth-order valence-corrected chi connectivity index (χ4v) is 4.09. The van der Waals surface area contributed by atoms with E-state index in [-0.39, 0.29) is 11.2 Å². The van der Waals surface area contributed by atoms with Gasteiger partial charge in [0.1, 0.15) is 9.84 Å². The summed E-state index contributed by atoms with van der Waals surface area (Å²) >= 11 is 3.30. The zero-order chi connectivity index (χ0) is 14.0. The third kappa shape index (κ3) is 3.77. The maximum atomic E-state index is 11.6. The molecule has 1 saturated carbocycles. The number of hydrogen-bond acceptors (Lipinski definition) is 4. The van der Waals surface area contributed by atoms with Crippen LogP contribution in [0, 0.1) is 5.92 Å². The lowest BCUT2D eigenvalue weighted by Crippen LogP contribution is -2.30. The van der Waals surface area contributed by atoms with Gasteiger partial charge in [-0.3, -0.25) is 4.98 Å². The van der Waals surface area contributed by atoms with Gasteiger partial charge in [0.2, 0.25) is 0 Å². The van der Waals surface area contributed by atoms with Gasteiger partial charge in [-0.25, -0.2) is 8.42 Å². The minimum atomic E-state index is -3.02. The average Bonchev–Trinajstić information content (AvgIpc) is 2.38. The van der Waals surface area contributed by atoms with Crippen LogP contribution in [0.25, 0.3) is 0 Å². The van der Waals surface area contributed by atoms with E-state index in [0.717, 1.165) is 17.3 Å². The van der Waals surface area contributed by atoms with Gasteiger partial charge in [0, 0.05) is 16.9 Å². The van der Waals surface area contributed by atoms with E-state index in [1.165, 1.54) is 6.26 Å². The Labute approximate surface area is 122 Å². The Kier molecular flexibility index (Phi) is 4.63. The highest BCUT2D eigenvalue weighted by atomic mass is 79.9. The van der Waals surface area contributed by atoms with Crippen molar-refractivity contribution in [3.63, 3.8) is 0 Å². The molecule has 19 heavy (non-hydrogen) atoms. The molecule has 6 heteroatoms. The van der Waals surface area contributed by atoms with Gasteiger partial charge in [-0.1, -0.05) is 6.42 Å². The first-order chi connectivity index (χ1) is 8.88. The quantitative estimate of drug-likeness (QED) is 0.911. The molecule has 1 N–H and O–H groups in total. The van der Waals surface area contributed by atoms with Crippen molar-refractivity contribution in [3.05, 3.63) is 28.5 Å². The summed E-state index contributed by atoms with van der Waals surface area (Å²) in [5.41, 5.74) is 0.613. The van der Waals surface area contributed by atoms with Crippen molar-refractivity contribution in [2.45, 2.75) is 37.0 Å². The number of aromatic nitrogens is 1. The number of halogens is 1. The Bertz CT molecular complexity index is 529. The molecule has 0 spiro atoms. The Balaban J connectivity index is 2.11. The molecule has 2 rings (SSSR count). The van der Waals surface area contributed by atoms with Gasteiger partial charge >= 0.3 is 0 Å². The van der Waals surface area contributed by atoms with Crippen molar-refractivity contribution in [3.8, 4) is 0 Å². The fourth-order valence-electron chi connectivity index (χ4n) is 2.66. The van der Waals surface area contributed by atoms with E-state index in [9.17, 15) is 13.5 Å². The molecular formula is C13H18BrNO3S. The lowest BCUT2D eigenvalue weighted by molar-refractivity contribution is 0.0820. The first-order valence-electron chi connectivity index (χ1n) is 6.36. The van der Waals surface area contributed by atoms with Gasteiger partial charge < -0.3 is 5.11 Å². The number of nitrogens with zero attached hydrogens (tertiary/aromatic N) is 1. The summed E-state index contributed by atoms with van der Waals surface area (Å²) in [7, 11) is -3.02. The molecule has 1 aromatic rings. The zero-order valence-electron chi connectivity index (χ0n) is 10.8. The lowest BCUT2D eigenvalue weighted by Gasteiger charge is -2.31. The molecule has 0 bridgehead atoms. The zero-order valence-corrected chi connectivity index (χ0v) is 13.2. The smallest absolute Gasteiger partial charge is 0.150 e. The van der Waals surface area contributed by atoms with Crippen LogP contribution in [0.4, 0.5) is 0 Å². The van der Waals surface area contributed by atoms with E-state index in [2.05, 4.69) is 20.9 Å². The van der Waals surface area contributed by atoms with Crippen LogP contribution in [0.15, 0.2) is 22.8 Å². The van der Waals surface area contributed by atoms with Gasteiger partial charge in [0.15, 0.2) is 0 Å². The van der Waals surface area contributed by atoms with E-state index >= 15 is 0 Å². The SMILES string of the molecule is CS(=O)(=O)C1CCCC(C(O)c2ccc(Br)cn2)C1. The molecule has 106 valence electrons. The molecule has 0 aliphatic heterocycles. The van der Waals surface area contributed by atoms with Crippen molar-refractivity contribution in [1.82, 2.24) is 4.98 Å². The summed E-state index contributed by atoms with van der Waals surface area (Å²) in [5, 5.41) is 10.0. The normalized spacial score (nSPS) is 26.1.